The highest BCUT2D eigenvalue weighted by molar-refractivity contribution is 7.16. The van der Waals surface area contributed by atoms with E-state index in [0.29, 0.717) is 10.8 Å². The van der Waals surface area contributed by atoms with Crippen LogP contribution < -0.4 is 10.5 Å². The van der Waals surface area contributed by atoms with Crippen molar-refractivity contribution in [3.05, 3.63) is 50.6 Å². The number of para-hydroxylation sites is 1. The molecule has 0 amide bonds. The van der Waals surface area contributed by atoms with Gasteiger partial charge in [0.1, 0.15) is 11.9 Å². The summed E-state index contributed by atoms with van der Waals surface area (Å²) in [6.45, 7) is 1.90. The fraction of sp³-hybridized carbons (Fsp3) is 0.231. The van der Waals surface area contributed by atoms with Gasteiger partial charge >= 0.3 is 0 Å². The summed E-state index contributed by atoms with van der Waals surface area (Å²) in [6, 6.07) is 11.0. The predicted molar refractivity (Wildman–Crippen MR) is 77.8 cm³/mol. The molecule has 96 valence electrons. The van der Waals surface area contributed by atoms with E-state index >= 15 is 0 Å². The molecule has 1 aromatic carbocycles. The van der Waals surface area contributed by atoms with Gasteiger partial charge in [-0.3, -0.25) is 0 Å². The van der Waals surface area contributed by atoms with Crippen LogP contribution in [-0.4, -0.2) is 6.04 Å². The molecule has 0 saturated heterocycles. The molecule has 1 heterocycles. The van der Waals surface area contributed by atoms with Crippen LogP contribution in [0.1, 0.15) is 17.9 Å². The van der Waals surface area contributed by atoms with Gasteiger partial charge < -0.3 is 10.5 Å². The first-order chi connectivity index (χ1) is 8.58. The number of benzene rings is 1. The number of thiophene rings is 1. The van der Waals surface area contributed by atoms with Gasteiger partial charge in [0.15, 0.2) is 0 Å². The zero-order chi connectivity index (χ0) is 13.1. The Morgan fingerprint density at radius 2 is 1.89 bits per heavy atom. The third kappa shape index (κ3) is 3.18. The van der Waals surface area contributed by atoms with Crippen LogP contribution in [0.4, 0.5) is 0 Å². The lowest BCUT2D eigenvalue weighted by Gasteiger charge is -2.21. The lowest BCUT2D eigenvalue weighted by Crippen LogP contribution is -2.28. The Bertz CT molecular complexity index is 527. The van der Waals surface area contributed by atoms with E-state index in [-0.39, 0.29) is 12.1 Å². The van der Waals surface area contributed by atoms with Gasteiger partial charge in [0.05, 0.1) is 9.36 Å². The van der Waals surface area contributed by atoms with Gasteiger partial charge in [-0.25, -0.2) is 0 Å². The van der Waals surface area contributed by atoms with Crippen LogP contribution in [0.25, 0.3) is 0 Å². The van der Waals surface area contributed by atoms with E-state index in [9.17, 15) is 0 Å². The predicted octanol–water partition coefficient (Wildman–Crippen LogP) is 4.52. The molecule has 0 spiro atoms. The van der Waals surface area contributed by atoms with E-state index in [1.165, 1.54) is 11.3 Å². The van der Waals surface area contributed by atoms with Crippen molar-refractivity contribution in [3.8, 4) is 5.75 Å². The Labute approximate surface area is 120 Å². The van der Waals surface area contributed by atoms with Crippen LogP contribution in [-0.2, 0) is 0 Å². The second kappa shape index (κ2) is 5.93. The molecule has 1 aromatic heterocycles. The maximum atomic E-state index is 6.08. The van der Waals surface area contributed by atoms with Crippen LogP contribution in [0.2, 0.25) is 9.36 Å². The van der Waals surface area contributed by atoms with E-state index in [1.807, 2.05) is 37.3 Å². The fourth-order valence-corrected chi connectivity index (χ4v) is 2.97. The van der Waals surface area contributed by atoms with Crippen molar-refractivity contribution in [2.75, 3.05) is 0 Å². The molecule has 5 heteroatoms. The molecule has 2 rings (SSSR count). The van der Waals surface area contributed by atoms with Crippen molar-refractivity contribution in [2.24, 2.45) is 5.73 Å². The molecule has 0 bridgehead atoms. The number of halogens is 2. The standard InChI is InChI=1S/C13H13Cl2NOS/c1-8(16)13(11-6-7-12(15)18-11)17-10-5-3-2-4-9(10)14/h2-8,13H,16H2,1H3. The van der Waals surface area contributed by atoms with Crippen molar-refractivity contribution in [2.45, 2.75) is 19.1 Å². The zero-order valence-corrected chi connectivity index (χ0v) is 12.1. The summed E-state index contributed by atoms with van der Waals surface area (Å²) in [5.74, 6) is 0.631. The monoisotopic (exact) mass is 301 g/mol. The normalized spacial score (nSPS) is 14.2. The first-order valence-electron chi connectivity index (χ1n) is 5.50. The summed E-state index contributed by atoms with van der Waals surface area (Å²) in [7, 11) is 0. The summed E-state index contributed by atoms with van der Waals surface area (Å²) in [5.41, 5.74) is 5.97. The summed E-state index contributed by atoms with van der Waals surface area (Å²) in [5, 5.41) is 0.575. The topological polar surface area (TPSA) is 35.2 Å². The highest BCUT2D eigenvalue weighted by Gasteiger charge is 2.21. The summed E-state index contributed by atoms with van der Waals surface area (Å²) in [6.07, 6.45) is -0.248. The Hall–Kier alpha value is -0.740. The van der Waals surface area contributed by atoms with Crippen LogP contribution in [0.3, 0.4) is 0 Å². The number of hydrogen-bond donors (Lipinski definition) is 1. The molecule has 18 heavy (non-hydrogen) atoms. The molecule has 0 fully saturated rings. The van der Waals surface area contributed by atoms with Gasteiger partial charge in [0.25, 0.3) is 0 Å². The van der Waals surface area contributed by atoms with Gasteiger partial charge in [0.2, 0.25) is 0 Å². The van der Waals surface area contributed by atoms with E-state index < -0.39 is 0 Å². The van der Waals surface area contributed by atoms with Crippen molar-refractivity contribution < 1.29 is 4.74 Å². The van der Waals surface area contributed by atoms with E-state index in [1.54, 1.807) is 6.07 Å². The van der Waals surface area contributed by atoms with Gasteiger partial charge in [-0.15, -0.1) is 11.3 Å². The molecule has 2 nitrogen and oxygen atoms in total. The summed E-state index contributed by atoms with van der Waals surface area (Å²) < 4.78 is 6.62. The molecule has 0 aliphatic rings. The minimum atomic E-state index is -0.248. The Morgan fingerprint density at radius 3 is 2.44 bits per heavy atom. The molecule has 0 radical (unpaired) electrons. The first-order valence-corrected chi connectivity index (χ1v) is 7.07. The fourth-order valence-electron chi connectivity index (χ4n) is 1.58. The number of nitrogens with two attached hydrogens (primary N) is 1. The summed E-state index contributed by atoms with van der Waals surface area (Å²) in [4.78, 5) is 0.995. The van der Waals surface area contributed by atoms with Crippen molar-refractivity contribution >= 4 is 34.5 Å². The van der Waals surface area contributed by atoms with Crippen LogP contribution >= 0.6 is 34.5 Å². The molecule has 2 aromatic rings. The Kier molecular flexibility index (Phi) is 4.51. The van der Waals surface area contributed by atoms with Crippen LogP contribution in [0.5, 0.6) is 5.75 Å². The SMILES string of the molecule is CC(N)C(Oc1ccccc1Cl)c1ccc(Cl)s1. The van der Waals surface area contributed by atoms with Gasteiger partial charge in [-0.2, -0.15) is 0 Å². The molecule has 2 atom stereocenters. The zero-order valence-electron chi connectivity index (χ0n) is 9.77. The highest BCUT2D eigenvalue weighted by Crippen LogP contribution is 2.34. The second-order valence-electron chi connectivity index (χ2n) is 3.97. The number of rotatable bonds is 4. The molecule has 0 aliphatic heterocycles. The Morgan fingerprint density at radius 1 is 1.17 bits per heavy atom. The molecule has 0 saturated carbocycles. The Balaban J connectivity index is 2.25. The number of hydrogen-bond acceptors (Lipinski definition) is 3. The molecule has 2 N–H and O–H groups in total. The third-order valence-corrected chi connectivity index (χ3v) is 4.05. The van der Waals surface area contributed by atoms with E-state index in [2.05, 4.69) is 0 Å². The smallest absolute Gasteiger partial charge is 0.148 e. The van der Waals surface area contributed by atoms with Gasteiger partial charge in [0, 0.05) is 10.9 Å². The average molecular weight is 302 g/mol. The maximum absolute atomic E-state index is 6.08. The minimum absolute atomic E-state index is 0.156. The van der Waals surface area contributed by atoms with Crippen molar-refractivity contribution in [1.29, 1.82) is 0 Å². The quantitative estimate of drug-likeness (QED) is 0.901. The van der Waals surface area contributed by atoms with E-state index in [4.69, 9.17) is 33.7 Å². The second-order valence-corrected chi connectivity index (χ2v) is 6.12. The highest BCUT2D eigenvalue weighted by atomic mass is 35.5. The summed E-state index contributed by atoms with van der Waals surface area (Å²) >= 11 is 13.5. The average Bonchev–Trinajstić information content (AvgIpc) is 2.74. The lowest BCUT2D eigenvalue weighted by atomic mass is 10.1. The van der Waals surface area contributed by atoms with Gasteiger partial charge in [-0.05, 0) is 31.2 Å². The maximum Gasteiger partial charge on any atom is 0.148 e. The molecular formula is C13H13Cl2NOS. The van der Waals surface area contributed by atoms with Crippen molar-refractivity contribution in [3.63, 3.8) is 0 Å². The largest absolute Gasteiger partial charge is 0.482 e. The first kappa shape index (κ1) is 13.7. The lowest BCUT2D eigenvalue weighted by molar-refractivity contribution is 0.184. The number of ether oxygens (including phenoxy) is 1. The van der Waals surface area contributed by atoms with Crippen LogP contribution in [0.15, 0.2) is 36.4 Å². The minimum Gasteiger partial charge on any atom is -0.482 e. The molecule has 2 unspecified atom stereocenters. The third-order valence-electron chi connectivity index (χ3n) is 2.44. The van der Waals surface area contributed by atoms with Crippen molar-refractivity contribution in [1.82, 2.24) is 0 Å². The van der Waals surface area contributed by atoms with E-state index in [0.717, 1.165) is 9.21 Å². The van der Waals surface area contributed by atoms with Crippen LogP contribution in [0, 0.1) is 0 Å². The van der Waals surface area contributed by atoms with Gasteiger partial charge in [-0.1, -0.05) is 35.3 Å². The molecule has 0 aliphatic carbocycles. The molecular weight excluding hydrogens is 289 g/mol.